The van der Waals surface area contributed by atoms with Crippen molar-refractivity contribution >= 4 is 27.2 Å². The van der Waals surface area contributed by atoms with Crippen molar-refractivity contribution < 1.29 is 8.42 Å². The molecule has 1 aliphatic heterocycles. The van der Waals surface area contributed by atoms with Gasteiger partial charge in [-0.05, 0) is 43.1 Å². The molecule has 1 aliphatic carbocycles. The van der Waals surface area contributed by atoms with Crippen LogP contribution in [0.5, 0.6) is 0 Å². The Bertz CT molecular complexity index is 658. The molecule has 2 aliphatic rings. The molecule has 3 rings (SSSR count). The predicted octanol–water partition coefficient (Wildman–Crippen LogP) is 2.28. The zero-order chi connectivity index (χ0) is 17.0. The normalized spacial score (nSPS) is 23.8. The number of nitrogens with one attached hydrogen (secondary N) is 1. The maximum Gasteiger partial charge on any atom is 0.169 e. The Morgan fingerprint density at radius 1 is 1.29 bits per heavy atom. The minimum Gasteiger partial charge on any atom is -0.360 e. The molecule has 0 aromatic carbocycles. The molecule has 0 radical (unpaired) electrons. The fraction of sp³-hybridized carbons (Fsp3) is 0.647. The van der Waals surface area contributed by atoms with E-state index in [1.54, 1.807) is 6.20 Å². The smallest absolute Gasteiger partial charge is 0.169 e. The average molecular weight is 368 g/mol. The van der Waals surface area contributed by atoms with Crippen molar-refractivity contribution in [3.8, 4) is 0 Å². The Kier molecular flexibility index (Phi) is 5.71. The van der Waals surface area contributed by atoms with E-state index in [0.29, 0.717) is 24.1 Å². The summed E-state index contributed by atoms with van der Waals surface area (Å²) >= 11 is 5.67. The average Bonchev–Trinajstić information content (AvgIpc) is 2.94. The summed E-state index contributed by atoms with van der Waals surface area (Å²) in [6.07, 6.45) is 10.3. The number of nitrogens with zero attached hydrogens (tertiary/aromatic N) is 2. The van der Waals surface area contributed by atoms with Gasteiger partial charge in [-0.3, -0.25) is 4.98 Å². The second-order valence-electron chi connectivity index (χ2n) is 6.83. The summed E-state index contributed by atoms with van der Waals surface area (Å²) in [5, 5.41) is 4.17. The maximum absolute atomic E-state index is 11.9. The number of pyridine rings is 1. The van der Waals surface area contributed by atoms with Crippen LogP contribution in [0.1, 0.15) is 44.1 Å². The van der Waals surface area contributed by atoms with Crippen LogP contribution in [0.25, 0.3) is 0 Å². The van der Waals surface area contributed by atoms with E-state index < -0.39 is 9.84 Å². The zero-order valence-corrected chi connectivity index (χ0v) is 15.5. The molecule has 1 aromatic rings. The molecular formula is C17H25N3O2S2. The molecule has 1 atom stereocenters. The molecule has 5 nitrogen and oxygen atoms in total. The van der Waals surface area contributed by atoms with E-state index in [2.05, 4.69) is 15.2 Å². The van der Waals surface area contributed by atoms with Gasteiger partial charge in [0.05, 0.1) is 11.5 Å². The minimum atomic E-state index is -2.94. The molecule has 1 saturated heterocycles. The number of thiocarbonyl (C=S) groups is 1. The van der Waals surface area contributed by atoms with E-state index in [9.17, 15) is 8.42 Å². The van der Waals surface area contributed by atoms with Crippen molar-refractivity contribution in [1.82, 2.24) is 15.2 Å². The van der Waals surface area contributed by atoms with Crippen LogP contribution in [0.3, 0.4) is 0 Å². The summed E-state index contributed by atoms with van der Waals surface area (Å²) in [7, 11) is -2.94. The number of rotatable bonds is 4. The van der Waals surface area contributed by atoms with Crippen molar-refractivity contribution in [3.05, 3.63) is 30.1 Å². The molecule has 1 saturated carbocycles. The van der Waals surface area contributed by atoms with Gasteiger partial charge in [-0.2, -0.15) is 0 Å². The topological polar surface area (TPSA) is 62.3 Å². The molecule has 0 unspecified atom stereocenters. The fourth-order valence-electron chi connectivity index (χ4n) is 3.58. The second kappa shape index (κ2) is 7.78. The minimum absolute atomic E-state index is 0.0428. The number of hydrogen-bond acceptors (Lipinski definition) is 4. The largest absolute Gasteiger partial charge is 0.360 e. The van der Waals surface area contributed by atoms with E-state index in [1.165, 1.54) is 19.3 Å². The van der Waals surface area contributed by atoms with Gasteiger partial charge in [-0.25, -0.2) is 8.42 Å². The monoisotopic (exact) mass is 367 g/mol. The van der Waals surface area contributed by atoms with Crippen LogP contribution in [-0.4, -0.2) is 47.0 Å². The third kappa shape index (κ3) is 4.66. The lowest BCUT2D eigenvalue weighted by Crippen LogP contribution is -2.49. The molecule has 132 valence electrons. The quantitative estimate of drug-likeness (QED) is 0.824. The van der Waals surface area contributed by atoms with E-state index in [0.717, 1.165) is 18.4 Å². The lowest BCUT2D eigenvalue weighted by atomic mass is 9.96. The molecular weight excluding hydrogens is 342 g/mol. The predicted molar refractivity (Wildman–Crippen MR) is 99.4 cm³/mol. The van der Waals surface area contributed by atoms with Crippen LogP contribution in [0.15, 0.2) is 24.5 Å². The number of aromatic nitrogens is 1. The summed E-state index contributed by atoms with van der Waals surface area (Å²) in [6, 6.07) is 4.28. The van der Waals surface area contributed by atoms with E-state index in [-0.39, 0.29) is 17.5 Å². The number of hydrogen-bond donors (Lipinski definition) is 1. The van der Waals surface area contributed by atoms with Crippen LogP contribution >= 0.6 is 12.2 Å². The van der Waals surface area contributed by atoms with Crippen molar-refractivity contribution in [1.29, 1.82) is 0 Å². The third-order valence-electron chi connectivity index (χ3n) is 4.92. The maximum atomic E-state index is 11.9. The SMILES string of the molecule is O=S1(=O)CC[C@H](N(Cc2cccnc2)C(=S)NC2CCCCC2)C1. The molecule has 2 heterocycles. The molecule has 0 spiro atoms. The Balaban J connectivity index is 1.72. The number of sulfone groups is 1. The molecule has 1 aromatic heterocycles. The summed E-state index contributed by atoms with van der Waals surface area (Å²) in [5.41, 5.74) is 1.05. The highest BCUT2D eigenvalue weighted by Crippen LogP contribution is 2.22. The van der Waals surface area contributed by atoms with Crippen LogP contribution < -0.4 is 5.32 Å². The fourth-order valence-corrected chi connectivity index (χ4v) is 5.69. The summed E-state index contributed by atoms with van der Waals surface area (Å²) in [6.45, 7) is 0.604. The Labute approximate surface area is 149 Å². The van der Waals surface area contributed by atoms with Crippen LogP contribution in [0.4, 0.5) is 0 Å². The molecule has 7 heteroatoms. The van der Waals surface area contributed by atoms with Crippen molar-refractivity contribution in [2.45, 2.75) is 57.2 Å². The van der Waals surface area contributed by atoms with E-state index in [1.807, 2.05) is 18.3 Å². The van der Waals surface area contributed by atoms with Gasteiger partial charge in [0, 0.05) is 31.0 Å². The van der Waals surface area contributed by atoms with Gasteiger partial charge in [0.2, 0.25) is 0 Å². The van der Waals surface area contributed by atoms with Gasteiger partial charge in [0.15, 0.2) is 14.9 Å². The Morgan fingerprint density at radius 2 is 2.08 bits per heavy atom. The van der Waals surface area contributed by atoms with Gasteiger partial charge in [-0.15, -0.1) is 0 Å². The van der Waals surface area contributed by atoms with Gasteiger partial charge in [-0.1, -0.05) is 25.3 Å². The van der Waals surface area contributed by atoms with Gasteiger partial charge in [0.1, 0.15) is 0 Å². The van der Waals surface area contributed by atoms with E-state index in [4.69, 9.17) is 12.2 Å². The first-order valence-corrected chi connectivity index (χ1v) is 10.9. The van der Waals surface area contributed by atoms with Crippen molar-refractivity contribution in [3.63, 3.8) is 0 Å². The Hall–Kier alpha value is -1.21. The van der Waals surface area contributed by atoms with Gasteiger partial charge >= 0.3 is 0 Å². The second-order valence-corrected chi connectivity index (χ2v) is 9.45. The molecule has 1 N–H and O–H groups in total. The zero-order valence-electron chi connectivity index (χ0n) is 13.9. The molecule has 2 fully saturated rings. The van der Waals surface area contributed by atoms with Gasteiger partial charge in [0.25, 0.3) is 0 Å². The van der Waals surface area contributed by atoms with Crippen LogP contribution in [-0.2, 0) is 16.4 Å². The summed E-state index contributed by atoms with van der Waals surface area (Å²) in [5.74, 6) is 0.451. The summed E-state index contributed by atoms with van der Waals surface area (Å²) in [4.78, 5) is 6.22. The first kappa shape index (κ1) is 17.6. The third-order valence-corrected chi connectivity index (χ3v) is 7.02. The van der Waals surface area contributed by atoms with Crippen LogP contribution in [0.2, 0.25) is 0 Å². The highest BCUT2D eigenvalue weighted by molar-refractivity contribution is 7.91. The highest BCUT2D eigenvalue weighted by atomic mass is 32.2. The Morgan fingerprint density at radius 3 is 2.71 bits per heavy atom. The van der Waals surface area contributed by atoms with Crippen molar-refractivity contribution in [2.75, 3.05) is 11.5 Å². The van der Waals surface area contributed by atoms with Gasteiger partial charge < -0.3 is 10.2 Å². The summed E-state index contributed by atoms with van der Waals surface area (Å²) < 4.78 is 23.8. The highest BCUT2D eigenvalue weighted by Gasteiger charge is 2.34. The first-order chi connectivity index (χ1) is 11.5. The van der Waals surface area contributed by atoms with E-state index >= 15 is 0 Å². The molecule has 24 heavy (non-hydrogen) atoms. The lowest BCUT2D eigenvalue weighted by molar-refractivity contribution is 0.309. The van der Waals surface area contributed by atoms with Crippen LogP contribution in [0, 0.1) is 0 Å². The lowest BCUT2D eigenvalue weighted by Gasteiger charge is -2.34. The first-order valence-electron chi connectivity index (χ1n) is 8.70. The molecule has 0 amide bonds. The standard InChI is InChI=1S/C17H25N3O2S2/c21-24(22)10-8-16(13-24)20(12-14-5-4-9-18-11-14)17(23)19-15-6-2-1-3-7-15/h4-5,9,11,15-16H,1-3,6-8,10,12-13H2,(H,19,23)/t16-/m0/s1. The molecule has 0 bridgehead atoms. The van der Waals surface area contributed by atoms with Crippen molar-refractivity contribution in [2.24, 2.45) is 0 Å².